The maximum atomic E-state index is 12.3. The van der Waals surface area contributed by atoms with Crippen LogP contribution in [0.25, 0.3) is 0 Å². The van der Waals surface area contributed by atoms with E-state index in [1.165, 1.54) is 0 Å². The van der Waals surface area contributed by atoms with Crippen molar-refractivity contribution in [1.29, 1.82) is 0 Å². The summed E-state index contributed by atoms with van der Waals surface area (Å²) in [7, 11) is 3.16. The SMILES string of the molecule is COc1ccc(CC(C)C(=O)N[C@@H]2CC[C@H](C(=O)O)C2)cc1OC. The number of carbonyl (C=O) groups excluding carboxylic acids is 1. The van der Waals surface area contributed by atoms with E-state index in [0.29, 0.717) is 30.8 Å². The van der Waals surface area contributed by atoms with Crippen LogP contribution in [0.3, 0.4) is 0 Å². The van der Waals surface area contributed by atoms with Crippen LogP contribution < -0.4 is 14.8 Å². The monoisotopic (exact) mass is 335 g/mol. The lowest BCUT2D eigenvalue weighted by atomic mass is 9.99. The number of carboxylic acids is 1. The normalized spacial score (nSPS) is 21.1. The summed E-state index contributed by atoms with van der Waals surface area (Å²) in [4.78, 5) is 23.3. The van der Waals surface area contributed by atoms with Crippen LogP contribution in [0.4, 0.5) is 0 Å². The Balaban J connectivity index is 1.91. The number of hydrogen-bond acceptors (Lipinski definition) is 4. The average molecular weight is 335 g/mol. The first kappa shape index (κ1) is 18.1. The Hall–Kier alpha value is -2.24. The van der Waals surface area contributed by atoms with Crippen molar-refractivity contribution in [2.24, 2.45) is 11.8 Å². The molecule has 0 radical (unpaired) electrons. The van der Waals surface area contributed by atoms with Crippen molar-refractivity contribution in [1.82, 2.24) is 5.32 Å². The van der Waals surface area contributed by atoms with Crippen molar-refractivity contribution in [2.75, 3.05) is 14.2 Å². The number of carbonyl (C=O) groups is 2. The van der Waals surface area contributed by atoms with Gasteiger partial charge in [0.15, 0.2) is 11.5 Å². The zero-order chi connectivity index (χ0) is 17.7. The van der Waals surface area contributed by atoms with Crippen LogP contribution in [0.5, 0.6) is 11.5 Å². The molecule has 1 unspecified atom stereocenters. The van der Waals surface area contributed by atoms with Crippen LogP contribution >= 0.6 is 0 Å². The molecule has 0 aromatic heterocycles. The molecule has 1 saturated carbocycles. The van der Waals surface area contributed by atoms with Crippen molar-refractivity contribution >= 4 is 11.9 Å². The minimum atomic E-state index is -0.773. The van der Waals surface area contributed by atoms with E-state index in [0.717, 1.165) is 12.0 Å². The Kier molecular flexibility index (Phi) is 6.06. The molecule has 0 bridgehead atoms. The zero-order valence-electron chi connectivity index (χ0n) is 14.4. The lowest BCUT2D eigenvalue weighted by Gasteiger charge is -2.17. The summed E-state index contributed by atoms with van der Waals surface area (Å²) < 4.78 is 10.5. The molecule has 0 saturated heterocycles. The standard InChI is InChI=1S/C18H25NO5/c1-11(8-12-4-7-15(23-2)16(9-12)24-3)17(20)19-14-6-5-13(10-14)18(21)22/h4,7,9,11,13-14H,5-6,8,10H2,1-3H3,(H,19,20)(H,21,22)/t11?,13-,14+/m0/s1. The van der Waals surface area contributed by atoms with Gasteiger partial charge >= 0.3 is 5.97 Å². The number of nitrogens with one attached hydrogen (secondary N) is 1. The van der Waals surface area contributed by atoms with Gasteiger partial charge in [-0.1, -0.05) is 13.0 Å². The molecule has 1 aromatic rings. The van der Waals surface area contributed by atoms with Gasteiger partial charge in [0.05, 0.1) is 20.1 Å². The van der Waals surface area contributed by atoms with Gasteiger partial charge in [-0.05, 0) is 43.4 Å². The smallest absolute Gasteiger partial charge is 0.306 e. The Labute approximate surface area is 142 Å². The summed E-state index contributed by atoms with van der Waals surface area (Å²) >= 11 is 0. The molecule has 0 heterocycles. The van der Waals surface area contributed by atoms with Gasteiger partial charge in [-0.2, -0.15) is 0 Å². The van der Waals surface area contributed by atoms with Gasteiger partial charge in [-0.15, -0.1) is 0 Å². The molecule has 0 spiro atoms. The first-order valence-electron chi connectivity index (χ1n) is 8.18. The number of carboxylic acid groups (broad SMARTS) is 1. The van der Waals surface area contributed by atoms with Crippen LogP contribution in [-0.4, -0.2) is 37.2 Å². The van der Waals surface area contributed by atoms with E-state index >= 15 is 0 Å². The first-order valence-corrected chi connectivity index (χ1v) is 8.18. The van der Waals surface area contributed by atoms with Crippen LogP contribution in [0.15, 0.2) is 18.2 Å². The number of ether oxygens (including phenoxy) is 2. The minimum absolute atomic E-state index is 0.0357. The molecule has 6 nitrogen and oxygen atoms in total. The number of hydrogen-bond donors (Lipinski definition) is 2. The minimum Gasteiger partial charge on any atom is -0.493 e. The van der Waals surface area contributed by atoms with Crippen molar-refractivity contribution < 1.29 is 24.2 Å². The van der Waals surface area contributed by atoms with Gasteiger partial charge in [0, 0.05) is 12.0 Å². The average Bonchev–Trinajstić information content (AvgIpc) is 3.03. The molecule has 6 heteroatoms. The Bertz CT molecular complexity index is 601. The van der Waals surface area contributed by atoms with Crippen molar-refractivity contribution in [3.05, 3.63) is 23.8 Å². The highest BCUT2D eigenvalue weighted by molar-refractivity contribution is 5.79. The summed E-state index contributed by atoms with van der Waals surface area (Å²) in [6.07, 6.45) is 2.46. The van der Waals surface area contributed by atoms with E-state index in [-0.39, 0.29) is 23.8 Å². The largest absolute Gasteiger partial charge is 0.493 e. The lowest BCUT2D eigenvalue weighted by molar-refractivity contribution is -0.141. The van der Waals surface area contributed by atoms with Gasteiger partial charge in [0.2, 0.25) is 5.91 Å². The molecular formula is C18H25NO5. The summed E-state index contributed by atoms with van der Waals surface area (Å²) in [5, 5.41) is 12.0. The fourth-order valence-corrected chi connectivity index (χ4v) is 3.13. The number of methoxy groups -OCH3 is 2. The van der Waals surface area contributed by atoms with Crippen LogP contribution in [0, 0.1) is 11.8 Å². The van der Waals surface area contributed by atoms with E-state index in [2.05, 4.69) is 5.32 Å². The predicted octanol–water partition coefficient (Wildman–Crippen LogP) is 2.25. The van der Waals surface area contributed by atoms with E-state index in [9.17, 15) is 9.59 Å². The maximum Gasteiger partial charge on any atom is 0.306 e. The molecule has 24 heavy (non-hydrogen) atoms. The highest BCUT2D eigenvalue weighted by Crippen LogP contribution is 2.29. The maximum absolute atomic E-state index is 12.3. The van der Waals surface area contributed by atoms with Crippen molar-refractivity contribution in [3.63, 3.8) is 0 Å². The number of aliphatic carboxylic acids is 1. The molecule has 1 amide bonds. The van der Waals surface area contributed by atoms with Crippen molar-refractivity contribution in [3.8, 4) is 11.5 Å². The summed E-state index contributed by atoms with van der Waals surface area (Å²) in [6, 6.07) is 5.58. The van der Waals surface area contributed by atoms with E-state index in [1.807, 2.05) is 25.1 Å². The third-order valence-corrected chi connectivity index (χ3v) is 4.57. The van der Waals surface area contributed by atoms with Gasteiger partial charge in [-0.25, -0.2) is 0 Å². The third-order valence-electron chi connectivity index (χ3n) is 4.57. The molecule has 2 rings (SSSR count). The Morgan fingerprint density at radius 3 is 2.54 bits per heavy atom. The van der Waals surface area contributed by atoms with Gasteiger partial charge in [0.1, 0.15) is 0 Å². The van der Waals surface area contributed by atoms with Gasteiger partial charge in [0.25, 0.3) is 0 Å². The molecule has 132 valence electrons. The molecule has 0 aliphatic heterocycles. The second-order valence-electron chi connectivity index (χ2n) is 6.35. The van der Waals surface area contributed by atoms with Gasteiger partial charge in [-0.3, -0.25) is 9.59 Å². The zero-order valence-corrected chi connectivity index (χ0v) is 14.4. The molecule has 1 aromatic carbocycles. The molecular weight excluding hydrogens is 310 g/mol. The number of rotatable bonds is 7. The highest BCUT2D eigenvalue weighted by Gasteiger charge is 2.31. The van der Waals surface area contributed by atoms with Gasteiger partial charge < -0.3 is 19.9 Å². The molecule has 1 aliphatic carbocycles. The predicted molar refractivity (Wildman–Crippen MR) is 89.3 cm³/mol. The summed E-state index contributed by atoms with van der Waals surface area (Å²) in [5.74, 6) is -0.0545. The van der Waals surface area contributed by atoms with E-state index in [4.69, 9.17) is 14.6 Å². The Morgan fingerprint density at radius 2 is 1.96 bits per heavy atom. The second-order valence-corrected chi connectivity index (χ2v) is 6.35. The van der Waals surface area contributed by atoms with E-state index in [1.54, 1.807) is 14.2 Å². The molecule has 2 N–H and O–H groups in total. The first-order chi connectivity index (χ1) is 11.4. The fraction of sp³-hybridized carbons (Fsp3) is 0.556. The van der Waals surface area contributed by atoms with Crippen LogP contribution in [-0.2, 0) is 16.0 Å². The number of amides is 1. The molecule has 1 aliphatic rings. The topological polar surface area (TPSA) is 84.9 Å². The lowest BCUT2D eigenvalue weighted by Crippen LogP contribution is -2.37. The third kappa shape index (κ3) is 4.40. The Morgan fingerprint density at radius 1 is 1.25 bits per heavy atom. The summed E-state index contributed by atoms with van der Waals surface area (Å²) in [5.41, 5.74) is 0.991. The molecule has 3 atom stereocenters. The summed E-state index contributed by atoms with van der Waals surface area (Å²) in [6.45, 7) is 1.87. The van der Waals surface area contributed by atoms with Crippen LogP contribution in [0.2, 0.25) is 0 Å². The number of benzene rings is 1. The van der Waals surface area contributed by atoms with E-state index < -0.39 is 5.97 Å². The highest BCUT2D eigenvalue weighted by atomic mass is 16.5. The quantitative estimate of drug-likeness (QED) is 0.798. The van der Waals surface area contributed by atoms with Crippen LogP contribution in [0.1, 0.15) is 31.7 Å². The second kappa shape index (κ2) is 8.04. The van der Waals surface area contributed by atoms with Crippen molar-refractivity contribution in [2.45, 2.75) is 38.6 Å². The molecule has 1 fully saturated rings. The fourth-order valence-electron chi connectivity index (χ4n) is 3.13.